The van der Waals surface area contributed by atoms with E-state index in [9.17, 15) is 0 Å². The molecule has 2 rings (SSSR count). The maximum atomic E-state index is 5.60. The van der Waals surface area contributed by atoms with Crippen LogP contribution in [0.2, 0.25) is 0 Å². The summed E-state index contributed by atoms with van der Waals surface area (Å²) in [6.45, 7) is 0. The maximum absolute atomic E-state index is 5.60. The van der Waals surface area contributed by atoms with Gasteiger partial charge in [0.15, 0.2) is 11.5 Å². The van der Waals surface area contributed by atoms with Crippen LogP contribution in [0.25, 0.3) is 0 Å². The molecule has 0 radical (unpaired) electrons. The first-order valence-electron chi connectivity index (χ1n) is 4.58. The number of nitrogens with zero attached hydrogens (tertiary/aromatic N) is 1. The van der Waals surface area contributed by atoms with Crippen LogP contribution in [0.5, 0.6) is 17.4 Å². The number of aromatic nitrogens is 1. The Labute approximate surface area is 82.8 Å². The van der Waals surface area contributed by atoms with Crippen LogP contribution in [-0.4, -0.2) is 25.3 Å². The Bertz CT molecular complexity index is 323. The lowest BCUT2D eigenvalue weighted by molar-refractivity contribution is 0.278. The minimum absolute atomic E-state index is 0.346. The van der Waals surface area contributed by atoms with Gasteiger partial charge in [-0.3, -0.25) is 0 Å². The van der Waals surface area contributed by atoms with Crippen LogP contribution in [0, 0.1) is 0 Å². The van der Waals surface area contributed by atoms with E-state index in [4.69, 9.17) is 14.2 Å². The van der Waals surface area contributed by atoms with Crippen LogP contribution in [0.4, 0.5) is 0 Å². The van der Waals surface area contributed by atoms with Crippen molar-refractivity contribution in [3.05, 3.63) is 12.3 Å². The van der Waals surface area contributed by atoms with Crippen molar-refractivity contribution in [2.45, 2.75) is 18.9 Å². The maximum Gasteiger partial charge on any atom is 0.216 e. The van der Waals surface area contributed by atoms with Crippen LogP contribution in [0.3, 0.4) is 0 Å². The Morgan fingerprint density at radius 3 is 2.57 bits per heavy atom. The second-order valence-electron chi connectivity index (χ2n) is 3.19. The van der Waals surface area contributed by atoms with Crippen LogP contribution < -0.4 is 14.2 Å². The molecule has 4 heteroatoms. The van der Waals surface area contributed by atoms with Gasteiger partial charge in [-0.15, -0.1) is 0 Å². The molecule has 0 aromatic carbocycles. The van der Waals surface area contributed by atoms with E-state index < -0.39 is 0 Å². The molecule has 1 aliphatic carbocycles. The van der Waals surface area contributed by atoms with Gasteiger partial charge < -0.3 is 14.2 Å². The quantitative estimate of drug-likeness (QED) is 0.732. The zero-order chi connectivity index (χ0) is 9.97. The summed E-state index contributed by atoms with van der Waals surface area (Å²) in [5.41, 5.74) is 0. The molecule has 0 amide bonds. The number of hydrogen-bond acceptors (Lipinski definition) is 4. The summed E-state index contributed by atoms with van der Waals surface area (Å²) >= 11 is 0. The molecular formula is C10H13NO3. The molecule has 1 aliphatic rings. The van der Waals surface area contributed by atoms with E-state index in [0.717, 1.165) is 12.8 Å². The molecule has 4 nitrogen and oxygen atoms in total. The number of methoxy groups -OCH3 is 2. The second kappa shape index (κ2) is 3.74. The highest BCUT2D eigenvalue weighted by Gasteiger charge is 2.25. The lowest BCUT2D eigenvalue weighted by atomic mass is 10.4. The number of rotatable bonds is 4. The third-order valence-electron chi connectivity index (χ3n) is 2.05. The first-order chi connectivity index (χ1) is 6.83. The van der Waals surface area contributed by atoms with Crippen LogP contribution >= 0.6 is 0 Å². The Balaban J connectivity index is 2.19. The second-order valence-corrected chi connectivity index (χ2v) is 3.19. The summed E-state index contributed by atoms with van der Waals surface area (Å²) in [5.74, 6) is 1.89. The molecule has 14 heavy (non-hydrogen) atoms. The molecule has 0 unspecified atom stereocenters. The van der Waals surface area contributed by atoms with E-state index in [1.54, 1.807) is 26.5 Å². The molecule has 1 aromatic heterocycles. The standard InChI is InChI=1S/C10H13NO3/c1-12-8-5-10(13-2)11-6-9(8)14-7-3-4-7/h5-7H,3-4H2,1-2H3. The van der Waals surface area contributed by atoms with Gasteiger partial charge in [0.25, 0.3) is 0 Å². The van der Waals surface area contributed by atoms with Crippen molar-refractivity contribution in [2.75, 3.05) is 14.2 Å². The molecule has 1 saturated carbocycles. The molecular weight excluding hydrogens is 182 g/mol. The number of hydrogen-bond donors (Lipinski definition) is 0. The monoisotopic (exact) mass is 195 g/mol. The summed E-state index contributed by atoms with van der Waals surface area (Å²) in [6, 6.07) is 1.72. The summed E-state index contributed by atoms with van der Waals surface area (Å²) < 4.78 is 15.8. The smallest absolute Gasteiger partial charge is 0.216 e. The van der Waals surface area contributed by atoms with E-state index in [1.165, 1.54) is 0 Å². The SMILES string of the molecule is COc1cc(OC)c(OC2CC2)cn1. The fourth-order valence-electron chi connectivity index (χ4n) is 1.13. The van der Waals surface area contributed by atoms with Crippen molar-refractivity contribution in [1.29, 1.82) is 0 Å². The van der Waals surface area contributed by atoms with Gasteiger partial charge in [-0.25, -0.2) is 4.98 Å². The molecule has 0 aliphatic heterocycles. The highest BCUT2D eigenvalue weighted by atomic mass is 16.5. The molecule has 0 atom stereocenters. The summed E-state index contributed by atoms with van der Waals surface area (Å²) in [5, 5.41) is 0. The first-order valence-corrected chi connectivity index (χ1v) is 4.58. The number of pyridine rings is 1. The largest absolute Gasteiger partial charge is 0.493 e. The predicted octanol–water partition coefficient (Wildman–Crippen LogP) is 1.64. The molecule has 0 N–H and O–H groups in total. The predicted molar refractivity (Wildman–Crippen MR) is 51.0 cm³/mol. The molecule has 76 valence electrons. The Hall–Kier alpha value is -1.45. The summed E-state index contributed by atoms with van der Waals surface area (Å²) in [6.07, 6.45) is 4.22. The third-order valence-corrected chi connectivity index (χ3v) is 2.05. The van der Waals surface area contributed by atoms with Crippen molar-refractivity contribution in [1.82, 2.24) is 4.98 Å². The Kier molecular flexibility index (Phi) is 2.43. The van der Waals surface area contributed by atoms with Gasteiger partial charge in [0, 0.05) is 6.07 Å². The number of ether oxygens (including phenoxy) is 3. The molecule has 0 spiro atoms. The lowest BCUT2D eigenvalue weighted by Crippen LogP contribution is -2.00. The third kappa shape index (κ3) is 1.89. The van der Waals surface area contributed by atoms with Gasteiger partial charge in [-0.1, -0.05) is 0 Å². The molecule has 0 saturated heterocycles. The zero-order valence-electron chi connectivity index (χ0n) is 8.32. The fraction of sp³-hybridized carbons (Fsp3) is 0.500. The van der Waals surface area contributed by atoms with Gasteiger partial charge in [0.1, 0.15) is 0 Å². The van der Waals surface area contributed by atoms with E-state index in [0.29, 0.717) is 23.5 Å². The van der Waals surface area contributed by atoms with Gasteiger partial charge in [0.2, 0.25) is 5.88 Å². The average molecular weight is 195 g/mol. The molecule has 1 fully saturated rings. The minimum atomic E-state index is 0.346. The van der Waals surface area contributed by atoms with Crippen LogP contribution in [0.1, 0.15) is 12.8 Å². The van der Waals surface area contributed by atoms with Crippen molar-refractivity contribution in [3.63, 3.8) is 0 Å². The Morgan fingerprint density at radius 2 is 2.00 bits per heavy atom. The van der Waals surface area contributed by atoms with Gasteiger partial charge in [-0.2, -0.15) is 0 Å². The van der Waals surface area contributed by atoms with Gasteiger partial charge in [0.05, 0.1) is 26.5 Å². The van der Waals surface area contributed by atoms with E-state index in [-0.39, 0.29) is 0 Å². The van der Waals surface area contributed by atoms with Crippen LogP contribution in [0.15, 0.2) is 12.3 Å². The summed E-state index contributed by atoms with van der Waals surface area (Å²) in [7, 11) is 3.18. The van der Waals surface area contributed by atoms with Crippen molar-refractivity contribution < 1.29 is 14.2 Å². The highest BCUT2D eigenvalue weighted by molar-refractivity contribution is 5.41. The fourth-order valence-corrected chi connectivity index (χ4v) is 1.13. The van der Waals surface area contributed by atoms with E-state index in [1.807, 2.05) is 0 Å². The lowest BCUT2D eigenvalue weighted by Gasteiger charge is -2.09. The van der Waals surface area contributed by atoms with Crippen LogP contribution in [-0.2, 0) is 0 Å². The highest BCUT2D eigenvalue weighted by Crippen LogP contribution is 2.34. The minimum Gasteiger partial charge on any atom is -0.493 e. The first kappa shape index (κ1) is 9.12. The Morgan fingerprint density at radius 1 is 1.21 bits per heavy atom. The molecule has 0 bridgehead atoms. The summed E-state index contributed by atoms with van der Waals surface area (Å²) in [4.78, 5) is 4.06. The molecule has 1 heterocycles. The normalized spacial score (nSPS) is 15.0. The van der Waals surface area contributed by atoms with Crippen molar-refractivity contribution in [2.24, 2.45) is 0 Å². The zero-order valence-corrected chi connectivity index (χ0v) is 8.32. The average Bonchev–Trinajstić information content (AvgIpc) is 3.02. The van der Waals surface area contributed by atoms with Gasteiger partial charge in [-0.05, 0) is 12.8 Å². The van der Waals surface area contributed by atoms with Crippen molar-refractivity contribution in [3.8, 4) is 17.4 Å². The molecule has 1 aromatic rings. The topological polar surface area (TPSA) is 40.6 Å². The van der Waals surface area contributed by atoms with E-state index >= 15 is 0 Å². The van der Waals surface area contributed by atoms with E-state index in [2.05, 4.69) is 4.98 Å². The van der Waals surface area contributed by atoms with Gasteiger partial charge >= 0.3 is 0 Å². The van der Waals surface area contributed by atoms with Crippen molar-refractivity contribution >= 4 is 0 Å².